The number of aryl methyl sites for hydroxylation is 1. The lowest BCUT2D eigenvalue weighted by atomic mass is 9.86. The van der Waals surface area contributed by atoms with Crippen LogP contribution in [-0.2, 0) is 14.3 Å². The third kappa shape index (κ3) is 6.98. The van der Waals surface area contributed by atoms with Crippen molar-refractivity contribution in [2.75, 3.05) is 0 Å². The molecule has 0 saturated heterocycles. The van der Waals surface area contributed by atoms with Crippen LogP contribution in [0.5, 0.6) is 0 Å². The van der Waals surface area contributed by atoms with Crippen molar-refractivity contribution in [2.45, 2.75) is 123 Å². The monoisotopic (exact) mass is 485 g/mol. The van der Waals surface area contributed by atoms with Crippen LogP contribution in [0, 0.1) is 13.8 Å². The molecule has 2 atom stereocenters. The molecule has 2 unspecified atom stereocenters. The van der Waals surface area contributed by atoms with Gasteiger partial charge in [-0.25, -0.2) is 4.79 Å². The molecular formula is C28H43N3O4. The molecule has 2 N–H and O–H groups in total. The number of nitrogens with one attached hydrogen (secondary N) is 2. The maximum absolute atomic E-state index is 13.9. The first kappa shape index (κ1) is 27.0. The summed E-state index contributed by atoms with van der Waals surface area (Å²) < 4.78 is 5.37. The minimum atomic E-state index is -0.819. The van der Waals surface area contributed by atoms with Crippen LogP contribution in [0.25, 0.3) is 0 Å². The van der Waals surface area contributed by atoms with E-state index in [-0.39, 0.29) is 23.9 Å². The molecule has 2 fully saturated rings. The van der Waals surface area contributed by atoms with E-state index in [4.69, 9.17) is 4.74 Å². The van der Waals surface area contributed by atoms with Crippen LogP contribution in [0.1, 0.15) is 102 Å². The summed E-state index contributed by atoms with van der Waals surface area (Å²) >= 11 is 0. The summed E-state index contributed by atoms with van der Waals surface area (Å²) in [6.45, 7) is 11.1. The SMILES string of the molecule is Cc1cccc(C(C(=O)NC2CCCCC2)N(C(=O)C(C)NC(=O)OC(C)(C)C)C2CCC2)c1C. The van der Waals surface area contributed by atoms with E-state index in [1.807, 2.05) is 32.0 Å². The first-order valence-corrected chi connectivity index (χ1v) is 13.2. The summed E-state index contributed by atoms with van der Waals surface area (Å²) in [7, 11) is 0. The molecule has 3 amide bonds. The summed E-state index contributed by atoms with van der Waals surface area (Å²) in [5.74, 6) is -0.388. The van der Waals surface area contributed by atoms with Gasteiger partial charge in [-0.3, -0.25) is 9.59 Å². The van der Waals surface area contributed by atoms with E-state index in [1.165, 1.54) is 6.42 Å². The standard InChI is InChI=1S/C28H43N3O4/c1-18-12-10-17-23(19(18)2)24(25(32)30-21-13-8-7-9-14-21)31(22-15-11-16-22)26(33)20(3)29-27(34)35-28(4,5)6/h10,12,17,20-22,24H,7-9,11,13-16H2,1-6H3,(H,29,34)(H,30,32). The van der Waals surface area contributed by atoms with Gasteiger partial charge < -0.3 is 20.3 Å². The van der Waals surface area contributed by atoms with Gasteiger partial charge in [0.2, 0.25) is 11.8 Å². The fourth-order valence-corrected chi connectivity index (χ4v) is 4.97. The zero-order chi connectivity index (χ0) is 25.8. The smallest absolute Gasteiger partial charge is 0.408 e. The molecule has 0 spiro atoms. The van der Waals surface area contributed by atoms with Crippen LogP contribution in [-0.4, -0.2) is 46.5 Å². The Morgan fingerprint density at radius 1 is 1.00 bits per heavy atom. The van der Waals surface area contributed by atoms with Gasteiger partial charge in [-0.1, -0.05) is 37.5 Å². The highest BCUT2D eigenvalue weighted by atomic mass is 16.6. The molecule has 0 aromatic heterocycles. The highest BCUT2D eigenvalue weighted by molar-refractivity contribution is 5.92. The molecule has 194 valence electrons. The minimum Gasteiger partial charge on any atom is -0.444 e. The number of alkyl carbamates (subject to hydrolysis) is 1. The van der Waals surface area contributed by atoms with E-state index in [9.17, 15) is 14.4 Å². The number of carbonyl (C=O) groups excluding carboxylic acids is 3. The third-order valence-corrected chi connectivity index (χ3v) is 7.25. The Balaban J connectivity index is 1.92. The lowest BCUT2D eigenvalue weighted by Gasteiger charge is -2.44. The van der Waals surface area contributed by atoms with Crippen molar-refractivity contribution >= 4 is 17.9 Å². The van der Waals surface area contributed by atoms with Crippen LogP contribution in [0.15, 0.2) is 18.2 Å². The van der Waals surface area contributed by atoms with Gasteiger partial charge in [0, 0.05) is 12.1 Å². The second-order valence-corrected chi connectivity index (χ2v) is 11.2. The normalized spacial score (nSPS) is 18.7. The van der Waals surface area contributed by atoms with Crippen LogP contribution < -0.4 is 10.6 Å². The first-order valence-electron chi connectivity index (χ1n) is 13.2. The Morgan fingerprint density at radius 3 is 2.23 bits per heavy atom. The maximum Gasteiger partial charge on any atom is 0.408 e. The second kappa shape index (κ2) is 11.4. The van der Waals surface area contributed by atoms with Gasteiger partial charge in [0.05, 0.1) is 0 Å². The number of hydrogen-bond acceptors (Lipinski definition) is 4. The molecule has 2 aliphatic rings. The molecule has 0 heterocycles. The van der Waals surface area contributed by atoms with Crippen LogP contribution in [0.3, 0.4) is 0 Å². The second-order valence-electron chi connectivity index (χ2n) is 11.2. The van der Waals surface area contributed by atoms with Crippen molar-refractivity contribution < 1.29 is 19.1 Å². The van der Waals surface area contributed by atoms with E-state index in [2.05, 4.69) is 10.6 Å². The van der Waals surface area contributed by atoms with Gasteiger partial charge in [0.15, 0.2) is 0 Å². The molecule has 0 radical (unpaired) electrons. The molecule has 2 aliphatic carbocycles. The predicted molar refractivity (Wildman–Crippen MR) is 137 cm³/mol. The third-order valence-electron chi connectivity index (χ3n) is 7.25. The quantitative estimate of drug-likeness (QED) is 0.563. The zero-order valence-corrected chi connectivity index (χ0v) is 22.3. The average Bonchev–Trinajstić information content (AvgIpc) is 2.73. The Labute approximate surface area is 210 Å². The number of carbonyl (C=O) groups is 3. The van der Waals surface area contributed by atoms with Gasteiger partial charge in [-0.2, -0.15) is 0 Å². The molecule has 1 aromatic carbocycles. The molecule has 35 heavy (non-hydrogen) atoms. The highest BCUT2D eigenvalue weighted by Gasteiger charge is 2.42. The number of ether oxygens (including phenoxy) is 1. The van der Waals surface area contributed by atoms with Crippen molar-refractivity contribution in [2.24, 2.45) is 0 Å². The van der Waals surface area contributed by atoms with E-state index >= 15 is 0 Å². The zero-order valence-electron chi connectivity index (χ0n) is 22.3. The predicted octanol–water partition coefficient (Wildman–Crippen LogP) is 5.09. The summed E-state index contributed by atoms with van der Waals surface area (Å²) in [6.07, 6.45) is 7.45. The Kier molecular flexibility index (Phi) is 8.84. The Bertz CT molecular complexity index is 913. The van der Waals surface area contributed by atoms with Crippen molar-refractivity contribution in [1.29, 1.82) is 0 Å². The van der Waals surface area contributed by atoms with Crippen molar-refractivity contribution in [1.82, 2.24) is 15.5 Å². The first-order chi connectivity index (χ1) is 16.5. The topological polar surface area (TPSA) is 87.7 Å². The highest BCUT2D eigenvalue weighted by Crippen LogP contribution is 2.35. The van der Waals surface area contributed by atoms with Crippen LogP contribution in [0.2, 0.25) is 0 Å². The molecule has 7 nitrogen and oxygen atoms in total. The van der Waals surface area contributed by atoms with Gasteiger partial charge in [-0.15, -0.1) is 0 Å². The van der Waals surface area contributed by atoms with E-state index in [0.717, 1.165) is 61.6 Å². The van der Waals surface area contributed by atoms with E-state index in [0.29, 0.717) is 0 Å². The van der Waals surface area contributed by atoms with Crippen molar-refractivity contribution in [3.05, 3.63) is 34.9 Å². The summed E-state index contributed by atoms with van der Waals surface area (Å²) in [4.78, 5) is 41.9. The van der Waals surface area contributed by atoms with E-state index in [1.54, 1.807) is 32.6 Å². The average molecular weight is 486 g/mol. The Morgan fingerprint density at radius 2 is 1.66 bits per heavy atom. The minimum absolute atomic E-state index is 0.0348. The van der Waals surface area contributed by atoms with Gasteiger partial charge in [0.25, 0.3) is 0 Å². The maximum atomic E-state index is 13.9. The fraction of sp³-hybridized carbons (Fsp3) is 0.679. The molecule has 1 aromatic rings. The molecule has 7 heteroatoms. The fourth-order valence-electron chi connectivity index (χ4n) is 4.97. The molecule has 0 bridgehead atoms. The van der Waals surface area contributed by atoms with Gasteiger partial charge in [0.1, 0.15) is 17.7 Å². The Hall–Kier alpha value is -2.57. The number of amides is 3. The van der Waals surface area contributed by atoms with Crippen molar-refractivity contribution in [3.8, 4) is 0 Å². The van der Waals surface area contributed by atoms with Gasteiger partial charge in [-0.05, 0) is 90.3 Å². The summed E-state index contributed by atoms with van der Waals surface area (Å²) in [5.41, 5.74) is 2.28. The lowest BCUT2D eigenvalue weighted by molar-refractivity contribution is -0.147. The number of nitrogens with zero attached hydrogens (tertiary/aromatic N) is 1. The molecule has 3 rings (SSSR count). The molecule has 2 saturated carbocycles. The molecular weight excluding hydrogens is 442 g/mol. The van der Waals surface area contributed by atoms with Gasteiger partial charge >= 0.3 is 6.09 Å². The van der Waals surface area contributed by atoms with E-state index < -0.39 is 23.8 Å². The lowest BCUT2D eigenvalue weighted by Crippen LogP contribution is -2.57. The number of benzene rings is 1. The summed E-state index contributed by atoms with van der Waals surface area (Å²) in [6, 6.07) is 4.48. The van der Waals surface area contributed by atoms with Crippen LogP contribution in [0.4, 0.5) is 4.79 Å². The number of rotatable bonds is 7. The number of hydrogen-bond donors (Lipinski definition) is 2. The molecule has 0 aliphatic heterocycles. The summed E-state index contributed by atoms with van der Waals surface area (Å²) in [5, 5.41) is 5.96. The van der Waals surface area contributed by atoms with Crippen molar-refractivity contribution in [3.63, 3.8) is 0 Å². The van der Waals surface area contributed by atoms with Crippen LogP contribution >= 0.6 is 0 Å². The largest absolute Gasteiger partial charge is 0.444 e.